The third-order valence-electron chi connectivity index (χ3n) is 5.80. The van der Waals surface area contributed by atoms with Crippen molar-refractivity contribution in [3.05, 3.63) is 35.4 Å². The first kappa shape index (κ1) is 16.4. The Balaban J connectivity index is 1.82. The summed E-state index contributed by atoms with van der Waals surface area (Å²) in [6.07, 6.45) is 5.88. The molecule has 0 saturated heterocycles. The number of rotatable bonds is 5. The molecule has 0 aromatic heterocycles. The Hall–Kier alpha value is -1.73. The zero-order valence-electron chi connectivity index (χ0n) is 15.7. The zero-order chi connectivity index (χ0) is 17.8. The molecule has 1 heterocycles. The van der Waals surface area contributed by atoms with Gasteiger partial charge in [0.05, 0.1) is 19.8 Å². The van der Waals surface area contributed by atoms with Crippen LogP contribution in [-0.2, 0) is 0 Å². The van der Waals surface area contributed by atoms with Crippen LogP contribution < -0.4 is 19.5 Å². The maximum atomic E-state index is 6.01. The summed E-state index contributed by atoms with van der Waals surface area (Å²) in [6.45, 7) is 2.30. The van der Waals surface area contributed by atoms with Crippen molar-refractivity contribution in [2.75, 3.05) is 27.2 Å². The number of hydrogen-bond donors (Lipinski definition) is 0. The molecular weight excluding hydrogens is 343 g/mol. The fourth-order valence-corrected chi connectivity index (χ4v) is 5.81. The van der Waals surface area contributed by atoms with Gasteiger partial charge in [-0.25, -0.2) is 0 Å². The number of fused-ring (bicyclic) bond motifs is 1. The van der Waals surface area contributed by atoms with Gasteiger partial charge in [0.25, 0.3) is 0 Å². The Morgan fingerprint density at radius 1 is 0.962 bits per heavy atom. The first-order valence-corrected chi connectivity index (χ1v) is 11.5. The largest absolute Gasteiger partial charge is 0.496 e. The van der Waals surface area contributed by atoms with Crippen molar-refractivity contribution in [2.45, 2.75) is 37.5 Å². The summed E-state index contributed by atoms with van der Waals surface area (Å²) in [5.41, 5.74) is 5.15. The van der Waals surface area contributed by atoms with Gasteiger partial charge in [0, 0.05) is 10.9 Å². The highest BCUT2D eigenvalue weighted by Gasteiger charge is 2.37. The van der Waals surface area contributed by atoms with Gasteiger partial charge < -0.3 is 14.2 Å². The average Bonchev–Trinajstić information content (AvgIpc) is 3.58. The van der Waals surface area contributed by atoms with E-state index in [1.807, 2.05) is 0 Å². The van der Waals surface area contributed by atoms with Gasteiger partial charge in [-0.2, -0.15) is 0 Å². The third-order valence-corrected chi connectivity index (χ3v) is 7.54. The fraction of sp³-hybridized carbons (Fsp3) is 0.455. The maximum Gasteiger partial charge on any atom is 0.133 e. The van der Waals surface area contributed by atoms with Crippen molar-refractivity contribution >= 4 is 13.2 Å². The number of benzene rings is 2. The molecule has 0 radical (unpaired) electrons. The molecule has 4 heteroatoms. The van der Waals surface area contributed by atoms with E-state index in [2.05, 4.69) is 30.9 Å². The number of methoxy groups -OCH3 is 2. The van der Waals surface area contributed by atoms with Crippen molar-refractivity contribution < 1.29 is 14.2 Å². The minimum absolute atomic E-state index is 0.312. The first-order chi connectivity index (χ1) is 12.7. The van der Waals surface area contributed by atoms with Crippen molar-refractivity contribution in [3.8, 4) is 28.4 Å². The van der Waals surface area contributed by atoms with Crippen LogP contribution in [0.5, 0.6) is 17.2 Å². The summed E-state index contributed by atoms with van der Waals surface area (Å²) >= 11 is 0. The summed E-state index contributed by atoms with van der Waals surface area (Å²) < 4.78 is 18.0. The lowest BCUT2D eigenvalue weighted by atomic mass is 9.92. The molecule has 26 heavy (non-hydrogen) atoms. The Morgan fingerprint density at radius 3 is 2.12 bits per heavy atom. The van der Waals surface area contributed by atoms with Crippen LogP contribution in [0.1, 0.15) is 48.6 Å². The van der Waals surface area contributed by atoms with Crippen LogP contribution in [0.25, 0.3) is 11.1 Å². The second kappa shape index (κ2) is 6.16. The Labute approximate surface area is 156 Å². The lowest BCUT2D eigenvalue weighted by Gasteiger charge is -2.22. The van der Waals surface area contributed by atoms with Gasteiger partial charge in [-0.05, 0) is 75.4 Å². The van der Waals surface area contributed by atoms with Gasteiger partial charge in [-0.15, -0.1) is 0 Å². The molecule has 2 aromatic carbocycles. The highest BCUT2D eigenvalue weighted by atomic mass is 31.1. The summed E-state index contributed by atoms with van der Waals surface area (Å²) in [6, 6.07) is 8.79. The van der Waals surface area contributed by atoms with Gasteiger partial charge in [-0.1, -0.05) is 12.1 Å². The van der Waals surface area contributed by atoms with E-state index < -0.39 is 0 Å². The van der Waals surface area contributed by atoms with Gasteiger partial charge in [0.2, 0.25) is 0 Å². The normalized spacial score (nSPS) is 21.3. The summed E-state index contributed by atoms with van der Waals surface area (Å²) in [5, 5.41) is 1.36. The summed E-state index contributed by atoms with van der Waals surface area (Å²) in [7, 11) is 3.29. The molecule has 1 unspecified atom stereocenters. The highest BCUT2D eigenvalue weighted by Crippen LogP contribution is 2.57. The van der Waals surface area contributed by atoms with E-state index in [1.54, 1.807) is 14.2 Å². The molecule has 0 bridgehead atoms. The average molecular weight is 368 g/mol. The molecule has 1 aliphatic heterocycles. The lowest BCUT2D eigenvalue weighted by molar-refractivity contribution is 0.391. The summed E-state index contributed by atoms with van der Waals surface area (Å²) in [4.78, 5) is 0. The van der Waals surface area contributed by atoms with E-state index in [4.69, 9.17) is 14.2 Å². The van der Waals surface area contributed by atoms with Crippen LogP contribution in [0.4, 0.5) is 0 Å². The van der Waals surface area contributed by atoms with Crippen molar-refractivity contribution in [1.82, 2.24) is 0 Å². The van der Waals surface area contributed by atoms with Crippen LogP contribution in [0, 0.1) is 0 Å². The maximum absolute atomic E-state index is 6.01. The van der Waals surface area contributed by atoms with Crippen molar-refractivity contribution in [1.29, 1.82) is 0 Å². The molecule has 5 rings (SSSR count). The molecule has 3 aliphatic rings. The summed E-state index contributed by atoms with van der Waals surface area (Å²) in [5.74, 6) is 4.34. The zero-order valence-corrected chi connectivity index (χ0v) is 16.6. The molecule has 0 spiro atoms. The Morgan fingerprint density at radius 2 is 1.58 bits per heavy atom. The standard InChI is InChI=1S/C22H25O3P/c1-23-20-16(13-7-8-13)11-17(14-9-10-14)21(24-2)19(20)15-5-4-6-18-22(15)26(3)12-25-18/h4-6,11,13-14H,7-10,12H2,1-3H3. The molecule has 1 atom stereocenters. The molecule has 3 nitrogen and oxygen atoms in total. The minimum atomic E-state index is -0.312. The molecule has 2 aliphatic carbocycles. The van der Waals surface area contributed by atoms with Gasteiger partial charge >= 0.3 is 0 Å². The van der Waals surface area contributed by atoms with E-state index >= 15 is 0 Å². The second-order valence-electron chi connectivity index (χ2n) is 7.67. The SMILES string of the molecule is COc1c(C2CC2)cc(C2CC2)c(OC)c1-c1cccc2c1P(C)CO2. The quantitative estimate of drug-likeness (QED) is 0.678. The number of hydrogen-bond acceptors (Lipinski definition) is 3. The smallest absolute Gasteiger partial charge is 0.133 e. The highest BCUT2D eigenvalue weighted by molar-refractivity contribution is 7.65. The Bertz CT molecular complexity index is 830. The van der Waals surface area contributed by atoms with E-state index in [9.17, 15) is 0 Å². The van der Waals surface area contributed by atoms with Crippen molar-refractivity contribution in [2.24, 2.45) is 0 Å². The predicted octanol–water partition coefficient (Wildman–Crippen LogP) is 5.21. The van der Waals surface area contributed by atoms with Gasteiger partial charge in [0.15, 0.2) is 0 Å². The molecule has 0 N–H and O–H groups in total. The molecule has 136 valence electrons. The first-order valence-electron chi connectivity index (χ1n) is 9.49. The lowest BCUT2D eigenvalue weighted by Crippen LogP contribution is -2.07. The van der Waals surface area contributed by atoms with Crippen LogP contribution in [0.2, 0.25) is 0 Å². The van der Waals surface area contributed by atoms with Crippen LogP contribution in [-0.4, -0.2) is 27.2 Å². The molecule has 0 amide bonds. The molecular formula is C22H25O3P. The Kier molecular flexibility index (Phi) is 3.90. The van der Waals surface area contributed by atoms with E-state index in [0.29, 0.717) is 11.8 Å². The minimum Gasteiger partial charge on any atom is -0.496 e. The van der Waals surface area contributed by atoms with Gasteiger partial charge in [-0.3, -0.25) is 0 Å². The van der Waals surface area contributed by atoms with Crippen LogP contribution in [0.15, 0.2) is 24.3 Å². The second-order valence-corrected chi connectivity index (χ2v) is 9.77. The van der Waals surface area contributed by atoms with E-state index in [-0.39, 0.29) is 7.92 Å². The molecule has 2 saturated carbocycles. The van der Waals surface area contributed by atoms with Gasteiger partial charge in [0.1, 0.15) is 23.6 Å². The fourth-order valence-electron chi connectivity index (χ4n) is 4.24. The van der Waals surface area contributed by atoms with Crippen molar-refractivity contribution in [3.63, 3.8) is 0 Å². The third kappa shape index (κ3) is 2.52. The van der Waals surface area contributed by atoms with E-state index in [1.165, 1.54) is 47.7 Å². The topological polar surface area (TPSA) is 27.7 Å². The predicted molar refractivity (Wildman–Crippen MR) is 107 cm³/mol. The van der Waals surface area contributed by atoms with E-state index in [0.717, 1.165) is 29.2 Å². The molecule has 2 aromatic rings. The monoisotopic (exact) mass is 368 g/mol. The molecule has 2 fully saturated rings. The number of ether oxygens (including phenoxy) is 3. The van der Waals surface area contributed by atoms with Crippen LogP contribution in [0.3, 0.4) is 0 Å². The van der Waals surface area contributed by atoms with Crippen LogP contribution >= 0.6 is 7.92 Å².